The fourth-order valence-corrected chi connectivity index (χ4v) is 3.48. The van der Waals surface area contributed by atoms with E-state index < -0.39 is 6.03 Å². The number of ether oxygens (including phenoxy) is 2. The Labute approximate surface area is 176 Å². The maximum Gasteiger partial charge on any atom is 0.329 e. The van der Waals surface area contributed by atoms with E-state index in [-0.39, 0.29) is 24.0 Å². The standard InChI is InChI=1S/C21H20BrFN2O4/c1-3-7-25-20(26)17(24-21(25)27)10-14-9-16(22)19(18(11-14)28-2)29-12-13-5-4-6-15(23)8-13/h4-6,8-11H,3,7,12H2,1-2H3,(H,24,27)/b17-10+. The van der Waals surface area contributed by atoms with Crippen LogP contribution in [-0.2, 0) is 11.4 Å². The van der Waals surface area contributed by atoms with E-state index in [0.717, 1.165) is 0 Å². The number of amides is 3. The fourth-order valence-electron chi connectivity index (χ4n) is 2.91. The van der Waals surface area contributed by atoms with Crippen LogP contribution in [0.1, 0.15) is 24.5 Å². The molecule has 0 aliphatic carbocycles. The zero-order chi connectivity index (χ0) is 21.0. The third kappa shape index (κ3) is 4.76. The van der Waals surface area contributed by atoms with E-state index in [1.165, 1.54) is 24.1 Å². The monoisotopic (exact) mass is 462 g/mol. The second kappa shape index (κ2) is 9.09. The summed E-state index contributed by atoms with van der Waals surface area (Å²) in [4.78, 5) is 25.5. The number of nitrogens with zero attached hydrogens (tertiary/aromatic N) is 1. The molecule has 0 atom stereocenters. The number of nitrogens with one attached hydrogen (secondary N) is 1. The van der Waals surface area contributed by atoms with Crippen molar-refractivity contribution in [2.75, 3.05) is 13.7 Å². The van der Waals surface area contributed by atoms with E-state index in [9.17, 15) is 14.0 Å². The molecular formula is C21H20BrFN2O4. The van der Waals surface area contributed by atoms with Crippen molar-refractivity contribution < 1.29 is 23.5 Å². The second-order valence-electron chi connectivity index (χ2n) is 6.40. The van der Waals surface area contributed by atoms with Crippen molar-refractivity contribution in [3.05, 3.63) is 63.5 Å². The molecule has 1 saturated heterocycles. The van der Waals surface area contributed by atoms with E-state index in [4.69, 9.17) is 9.47 Å². The molecule has 0 radical (unpaired) electrons. The Hall–Kier alpha value is -2.87. The average molecular weight is 463 g/mol. The first-order valence-electron chi connectivity index (χ1n) is 9.02. The van der Waals surface area contributed by atoms with Crippen LogP contribution in [0.4, 0.5) is 9.18 Å². The Morgan fingerprint density at radius 2 is 2.03 bits per heavy atom. The number of urea groups is 1. The summed E-state index contributed by atoms with van der Waals surface area (Å²) < 4.78 is 25.2. The Morgan fingerprint density at radius 3 is 2.72 bits per heavy atom. The molecule has 1 N–H and O–H groups in total. The molecule has 1 aliphatic rings. The van der Waals surface area contributed by atoms with Crippen molar-refractivity contribution in [1.29, 1.82) is 0 Å². The average Bonchev–Trinajstić information content (AvgIpc) is 2.94. The van der Waals surface area contributed by atoms with Gasteiger partial charge in [-0.15, -0.1) is 0 Å². The van der Waals surface area contributed by atoms with Crippen molar-refractivity contribution in [1.82, 2.24) is 10.2 Å². The molecule has 8 heteroatoms. The SMILES string of the molecule is CCCN1C(=O)N/C(=C/c2cc(Br)c(OCc3cccc(F)c3)c(OC)c2)C1=O. The zero-order valence-corrected chi connectivity index (χ0v) is 17.6. The molecule has 152 valence electrons. The van der Waals surface area contributed by atoms with Crippen molar-refractivity contribution in [3.8, 4) is 11.5 Å². The zero-order valence-electron chi connectivity index (χ0n) is 16.0. The van der Waals surface area contributed by atoms with Gasteiger partial charge in [-0.25, -0.2) is 9.18 Å². The molecule has 3 rings (SSSR count). The van der Waals surface area contributed by atoms with Gasteiger partial charge < -0.3 is 14.8 Å². The van der Waals surface area contributed by atoms with Crippen molar-refractivity contribution >= 4 is 33.9 Å². The minimum absolute atomic E-state index is 0.160. The first-order chi connectivity index (χ1) is 13.9. The smallest absolute Gasteiger partial charge is 0.329 e. The molecule has 0 bridgehead atoms. The number of carbonyl (C=O) groups is 2. The van der Waals surface area contributed by atoms with Crippen LogP contribution >= 0.6 is 15.9 Å². The third-order valence-electron chi connectivity index (χ3n) is 4.24. The predicted molar refractivity (Wildman–Crippen MR) is 110 cm³/mol. The van der Waals surface area contributed by atoms with E-state index in [1.807, 2.05) is 6.92 Å². The molecule has 3 amide bonds. The summed E-state index contributed by atoms with van der Waals surface area (Å²) >= 11 is 3.45. The molecule has 1 fully saturated rings. The van der Waals surface area contributed by atoms with Crippen LogP contribution in [0.15, 0.2) is 46.6 Å². The summed E-state index contributed by atoms with van der Waals surface area (Å²) in [5.74, 6) is 0.191. The van der Waals surface area contributed by atoms with Crippen LogP contribution in [0.3, 0.4) is 0 Å². The first kappa shape index (κ1) is 20.9. The van der Waals surface area contributed by atoms with Gasteiger partial charge in [0.1, 0.15) is 18.1 Å². The topological polar surface area (TPSA) is 67.9 Å². The summed E-state index contributed by atoms with van der Waals surface area (Å²) in [5, 5.41) is 2.59. The molecule has 0 spiro atoms. The van der Waals surface area contributed by atoms with Gasteiger partial charge in [0, 0.05) is 6.54 Å². The minimum atomic E-state index is -0.427. The van der Waals surface area contributed by atoms with Crippen LogP contribution < -0.4 is 14.8 Å². The minimum Gasteiger partial charge on any atom is -0.493 e. The van der Waals surface area contributed by atoms with E-state index in [2.05, 4.69) is 21.2 Å². The first-order valence-corrected chi connectivity index (χ1v) is 9.81. The highest BCUT2D eigenvalue weighted by atomic mass is 79.9. The van der Waals surface area contributed by atoms with Crippen molar-refractivity contribution in [2.24, 2.45) is 0 Å². The Balaban J connectivity index is 1.83. The summed E-state index contributed by atoms with van der Waals surface area (Å²) in [6.07, 6.45) is 2.27. The summed E-state index contributed by atoms with van der Waals surface area (Å²) in [6.45, 7) is 2.42. The lowest BCUT2D eigenvalue weighted by Gasteiger charge is -2.14. The number of imide groups is 1. The van der Waals surface area contributed by atoms with Gasteiger partial charge in [0.25, 0.3) is 5.91 Å². The molecule has 29 heavy (non-hydrogen) atoms. The maximum atomic E-state index is 13.3. The lowest BCUT2D eigenvalue weighted by Crippen LogP contribution is -2.31. The molecule has 2 aromatic carbocycles. The van der Waals surface area contributed by atoms with Crippen molar-refractivity contribution in [3.63, 3.8) is 0 Å². The van der Waals surface area contributed by atoms with Crippen LogP contribution in [0, 0.1) is 5.82 Å². The van der Waals surface area contributed by atoms with Gasteiger partial charge in [0.2, 0.25) is 0 Å². The van der Waals surface area contributed by atoms with E-state index in [1.54, 1.807) is 30.3 Å². The van der Waals surface area contributed by atoms with Crippen LogP contribution in [0.25, 0.3) is 6.08 Å². The van der Waals surface area contributed by atoms with Crippen LogP contribution in [0.2, 0.25) is 0 Å². The van der Waals surface area contributed by atoms with Gasteiger partial charge in [0.15, 0.2) is 11.5 Å². The van der Waals surface area contributed by atoms with E-state index in [0.29, 0.717) is 40.1 Å². The van der Waals surface area contributed by atoms with Gasteiger partial charge in [-0.2, -0.15) is 0 Å². The normalized spacial score (nSPS) is 15.0. The lowest BCUT2D eigenvalue weighted by molar-refractivity contribution is -0.122. The van der Waals surface area contributed by atoms with Crippen molar-refractivity contribution in [2.45, 2.75) is 20.0 Å². The molecule has 1 heterocycles. The summed E-state index contributed by atoms with van der Waals surface area (Å²) in [6, 6.07) is 9.16. The molecule has 1 aliphatic heterocycles. The second-order valence-corrected chi connectivity index (χ2v) is 7.25. The highest BCUT2D eigenvalue weighted by Crippen LogP contribution is 2.38. The highest BCUT2D eigenvalue weighted by molar-refractivity contribution is 9.10. The Kier molecular flexibility index (Phi) is 6.53. The van der Waals surface area contributed by atoms with Gasteiger partial charge in [-0.05, 0) is 63.8 Å². The fraction of sp³-hybridized carbons (Fsp3) is 0.238. The molecule has 6 nitrogen and oxygen atoms in total. The van der Waals surface area contributed by atoms with Crippen LogP contribution in [-0.4, -0.2) is 30.5 Å². The Morgan fingerprint density at radius 1 is 1.24 bits per heavy atom. The number of rotatable bonds is 7. The van der Waals surface area contributed by atoms with E-state index >= 15 is 0 Å². The predicted octanol–water partition coefficient (Wildman–Crippen LogP) is 4.48. The number of halogens is 2. The summed E-state index contributed by atoms with van der Waals surface area (Å²) in [7, 11) is 1.50. The molecule has 0 aromatic heterocycles. The maximum absolute atomic E-state index is 13.3. The summed E-state index contributed by atoms with van der Waals surface area (Å²) in [5.41, 5.74) is 1.53. The highest BCUT2D eigenvalue weighted by Gasteiger charge is 2.32. The van der Waals surface area contributed by atoms with Crippen LogP contribution in [0.5, 0.6) is 11.5 Å². The molecular weight excluding hydrogens is 443 g/mol. The number of hydrogen-bond donors (Lipinski definition) is 1. The third-order valence-corrected chi connectivity index (χ3v) is 4.83. The number of carbonyl (C=O) groups excluding carboxylic acids is 2. The van der Waals surface area contributed by atoms with Gasteiger partial charge in [0.05, 0.1) is 11.6 Å². The lowest BCUT2D eigenvalue weighted by atomic mass is 10.1. The van der Waals surface area contributed by atoms with Gasteiger partial charge in [-0.3, -0.25) is 9.69 Å². The number of benzene rings is 2. The van der Waals surface area contributed by atoms with Gasteiger partial charge >= 0.3 is 6.03 Å². The van der Waals surface area contributed by atoms with Gasteiger partial charge in [-0.1, -0.05) is 19.1 Å². The molecule has 0 saturated carbocycles. The quantitative estimate of drug-likeness (QED) is 0.486. The molecule has 2 aromatic rings. The largest absolute Gasteiger partial charge is 0.493 e. The number of hydrogen-bond acceptors (Lipinski definition) is 4. The number of methoxy groups -OCH3 is 1. The Bertz CT molecular complexity index is 977. The molecule has 0 unspecified atom stereocenters.